The molecule has 0 bridgehead atoms. The van der Waals surface area contributed by atoms with Crippen molar-refractivity contribution in [3.05, 3.63) is 35.2 Å². The average Bonchev–Trinajstić information content (AvgIpc) is 3.19. The Kier molecular flexibility index (Phi) is 7.19. The van der Waals surface area contributed by atoms with Crippen LogP contribution in [0.4, 0.5) is 13.2 Å². The summed E-state index contributed by atoms with van der Waals surface area (Å²) in [5.41, 5.74) is 0.778. The molecule has 0 amide bonds. The molecule has 0 aliphatic carbocycles. The fourth-order valence-electron chi connectivity index (χ4n) is 3.13. The number of hydrogen-bond acceptors (Lipinski definition) is 5. The molecule has 2 heterocycles. The number of alkyl halides is 3. The maximum absolute atomic E-state index is 12.9. The minimum Gasteiger partial charge on any atom is -0.357 e. The first-order chi connectivity index (χ1) is 14.3. The second kappa shape index (κ2) is 9.65. The predicted molar refractivity (Wildman–Crippen MR) is 108 cm³/mol. The van der Waals surface area contributed by atoms with Gasteiger partial charge in [-0.3, -0.25) is 4.90 Å². The van der Waals surface area contributed by atoms with E-state index in [0.29, 0.717) is 55.4 Å². The Morgan fingerprint density at radius 3 is 2.50 bits per heavy atom. The molecule has 1 fully saturated rings. The van der Waals surface area contributed by atoms with Crippen molar-refractivity contribution in [3.8, 4) is 11.4 Å². The van der Waals surface area contributed by atoms with Gasteiger partial charge in [0.1, 0.15) is 12.6 Å². The van der Waals surface area contributed by atoms with Gasteiger partial charge in [-0.1, -0.05) is 16.8 Å². The number of rotatable bonds is 5. The Bertz CT molecular complexity index is 847. The fraction of sp³-hybridized carbons (Fsp3) is 0.526. The van der Waals surface area contributed by atoms with Crippen LogP contribution in [-0.4, -0.2) is 70.8 Å². The lowest BCUT2D eigenvalue weighted by molar-refractivity contribution is -0.181. The smallest absolute Gasteiger partial charge is 0.357 e. The number of hydrogen-bond donors (Lipinski definition) is 1. The van der Waals surface area contributed by atoms with Crippen LogP contribution in [0.25, 0.3) is 11.4 Å². The highest BCUT2D eigenvalue weighted by Gasteiger charge is 2.41. The maximum Gasteiger partial charge on any atom is 0.403 e. The Morgan fingerprint density at radius 2 is 1.90 bits per heavy atom. The van der Waals surface area contributed by atoms with E-state index in [2.05, 4.69) is 20.4 Å². The molecular weight excluding hydrogens is 421 g/mol. The van der Waals surface area contributed by atoms with Gasteiger partial charge in [-0.15, -0.1) is 0 Å². The van der Waals surface area contributed by atoms with Crippen molar-refractivity contribution in [2.24, 2.45) is 4.99 Å². The molecule has 0 radical (unpaired) electrons. The third-order valence-corrected chi connectivity index (χ3v) is 5.16. The second-order valence-corrected chi connectivity index (χ2v) is 7.37. The van der Waals surface area contributed by atoms with Crippen molar-refractivity contribution in [2.45, 2.75) is 32.6 Å². The summed E-state index contributed by atoms with van der Waals surface area (Å²) in [5, 5.41) is 7.75. The van der Waals surface area contributed by atoms with Crippen LogP contribution in [-0.2, 0) is 6.54 Å². The van der Waals surface area contributed by atoms with Crippen LogP contribution in [0.2, 0.25) is 5.02 Å². The standard InChI is InChI=1S/C19H24ClF3N6O/c1-3-24-18(29-10-8-28(9-11-29)13(2)19(21,22)23)25-12-16-26-17(27-30-16)14-4-6-15(20)7-5-14/h4-7,13H,3,8-12H2,1-2H3,(H,24,25). The lowest BCUT2D eigenvalue weighted by Gasteiger charge is -2.39. The maximum atomic E-state index is 12.9. The van der Waals surface area contributed by atoms with E-state index in [1.807, 2.05) is 11.8 Å². The summed E-state index contributed by atoms with van der Waals surface area (Å²) in [6.45, 7) is 5.46. The van der Waals surface area contributed by atoms with Gasteiger partial charge in [0.15, 0.2) is 5.96 Å². The normalized spacial score (nSPS) is 17.3. The lowest BCUT2D eigenvalue weighted by Crippen LogP contribution is -2.56. The SMILES string of the molecule is CCNC(=NCc1nc(-c2ccc(Cl)cc2)no1)N1CCN(C(C)C(F)(F)F)CC1. The number of guanidine groups is 1. The molecule has 1 saturated heterocycles. The van der Waals surface area contributed by atoms with E-state index in [9.17, 15) is 13.2 Å². The molecular formula is C19H24ClF3N6O. The van der Waals surface area contributed by atoms with Crippen LogP contribution >= 0.6 is 11.6 Å². The molecule has 164 valence electrons. The van der Waals surface area contributed by atoms with E-state index in [0.717, 1.165) is 5.56 Å². The summed E-state index contributed by atoms with van der Waals surface area (Å²) >= 11 is 5.89. The first kappa shape index (κ1) is 22.4. The average molecular weight is 445 g/mol. The Hall–Kier alpha value is -2.33. The zero-order valence-electron chi connectivity index (χ0n) is 16.8. The number of piperazine rings is 1. The Balaban J connectivity index is 1.62. The summed E-state index contributed by atoms with van der Waals surface area (Å²) in [7, 11) is 0. The monoisotopic (exact) mass is 444 g/mol. The lowest BCUT2D eigenvalue weighted by atomic mass is 10.2. The molecule has 0 spiro atoms. The molecule has 1 aliphatic rings. The zero-order valence-corrected chi connectivity index (χ0v) is 17.5. The molecule has 1 unspecified atom stereocenters. The van der Waals surface area contributed by atoms with Gasteiger partial charge in [-0.05, 0) is 38.1 Å². The van der Waals surface area contributed by atoms with Gasteiger partial charge in [0, 0.05) is 43.3 Å². The van der Waals surface area contributed by atoms with Crippen molar-refractivity contribution in [2.75, 3.05) is 32.7 Å². The van der Waals surface area contributed by atoms with Crippen molar-refractivity contribution in [1.29, 1.82) is 0 Å². The molecule has 7 nitrogen and oxygen atoms in total. The summed E-state index contributed by atoms with van der Waals surface area (Å²) in [5.74, 6) is 1.40. The topological polar surface area (TPSA) is 69.8 Å². The molecule has 1 aliphatic heterocycles. The van der Waals surface area contributed by atoms with Crippen molar-refractivity contribution < 1.29 is 17.7 Å². The van der Waals surface area contributed by atoms with E-state index in [-0.39, 0.29) is 6.54 Å². The first-order valence-electron chi connectivity index (χ1n) is 9.70. The molecule has 1 N–H and O–H groups in total. The van der Waals surface area contributed by atoms with E-state index in [1.54, 1.807) is 24.3 Å². The Labute approximate surface area is 177 Å². The van der Waals surface area contributed by atoms with Gasteiger partial charge in [-0.25, -0.2) is 4.99 Å². The number of aliphatic imine (C=N–C) groups is 1. The third kappa shape index (κ3) is 5.63. The number of halogens is 4. The molecule has 11 heteroatoms. The van der Waals surface area contributed by atoms with Gasteiger partial charge in [0.25, 0.3) is 0 Å². The van der Waals surface area contributed by atoms with Gasteiger partial charge >= 0.3 is 6.18 Å². The minimum atomic E-state index is -4.22. The molecule has 3 rings (SSSR count). The fourth-order valence-corrected chi connectivity index (χ4v) is 3.26. The number of nitrogens with one attached hydrogen (secondary N) is 1. The summed E-state index contributed by atoms with van der Waals surface area (Å²) in [4.78, 5) is 12.2. The first-order valence-corrected chi connectivity index (χ1v) is 10.1. The van der Waals surface area contributed by atoms with Gasteiger partial charge in [0.2, 0.25) is 11.7 Å². The van der Waals surface area contributed by atoms with Crippen molar-refractivity contribution in [3.63, 3.8) is 0 Å². The second-order valence-electron chi connectivity index (χ2n) is 6.93. The van der Waals surface area contributed by atoms with Crippen LogP contribution in [0.3, 0.4) is 0 Å². The highest BCUT2D eigenvalue weighted by atomic mass is 35.5. The molecule has 1 aromatic carbocycles. The summed E-state index contributed by atoms with van der Waals surface area (Å²) in [6.07, 6.45) is -4.22. The summed E-state index contributed by atoms with van der Waals surface area (Å²) in [6, 6.07) is 5.63. The minimum absolute atomic E-state index is 0.169. The molecule has 2 aromatic rings. The quantitative estimate of drug-likeness (QED) is 0.563. The molecule has 0 saturated carbocycles. The van der Waals surface area contributed by atoms with Gasteiger partial charge in [-0.2, -0.15) is 18.2 Å². The largest absolute Gasteiger partial charge is 0.403 e. The Morgan fingerprint density at radius 1 is 1.23 bits per heavy atom. The van der Waals surface area contributed by atoms with Crippen molar-refractivity contribution >= 4 is 17.6 Å². The number of benzene rings is 1. The van der Waals surface area contributed by atoms with Crippen LogP contribution < -0.4 is 5.32 Å². The van der Waals surface area contributed by atoms with Gasteiger partial charge < -0.3 is 14.7 Å². The summed E-state index contributed by atoms with van der Waals surface area (Å²) < 4.78 is 44.1. The number of aromatic nitrogens is 2. The highest BCUT2D eigenvalue weighted by molar-refractivity contribution is 6.30. The van der Waals surface area contributed by atoms with E-state index < -0.39 is 12.2 Å². The molecule has 1 atom stereocenters. The zero-order chi connectivity index (χ0) is 21.7. The van der Waals surface area contributed by atoms with Crippen LogP contribution in [0.15, 0.2) is 33.8 Å². The number of nitrogens with zero attached hydrogens (tertiary/aromatic N) is 5. The van der Waals surface area contributed by atoms with E-state index in [1.165, 1.54) is 11.8 Å². The highest BCUT2D eigenvalue weighted by Crippen LogP contribution is 2.25. The van der Waals surface area contributed by atoms with Gasteiger partial charge in [0.05, 0.1) is 0 Å². The molecule has 1 aromatic heterocycles. The van der Waals surface area contributed by atoms with E-state index in [4.69, 9.17) is 16.1 Å². The third-order valence-electron chi connectivity index (χ3n) is 4.90. The van der Waals surface area contributed by atoms with Crippen LogP contribution in [0.1, 0.15) is 19.7 Å². The molecule has 30 heavy (non-hydrogen) atoms. The van der Waals surface area contributed by atoms with E-state index >= 15 is 0 Å². The predicted octanol–water partition coefficient (Wildman–Crippen LogP) is 3.42. The van der Waals surface area contributed by atoms with Crippen molar-refractivity contribution in [1.82, 2.24) is 25.3 Å². The van der Waals surface area contributed by atoms with Crippen LogP contribution in [0.5, 0.6) is 0 Å². The van der Waals surface area contributed by atoms with Crippen LogP contribution in [0, 0.1) is 0 Å².